The van der Waals surface area contributed by atoms with Crippen molar-refractivity contribution in [2.75, 3.05) is 6.61 Å². The van der Waals surface area contributed by atoms with Crippen LogP contribution in [0.1, 0.15) is 12.7 Å². The van der Waals surface area contributed by atoms with Gasteiger partial charge in [0.15, 0.2) is 0 Å². The van der Waals surface area contributed by atoms with E-state index in [9.17, 15) is 4.79 Å². The first kappa shape index (κ1) is 13.4. The number of esters is 1. The molecule has 0 spiro atoms. The van der Waals surface area contributed by atoms with Gasteiger partial charge in [-0.05, 0) is 19.1 Å². The van der Waals surface area contributed by atoms with Gasteiger partial charge in [-0.2, -0.15) is 0 Å². The second-order valence-electron chi connectivity index (χ2n) is 4.64. The maximum absolute atomic E-state index is 11.8. The third kappa shape index (κ3) is 2.79. The summed E-state index contributed by atoms with van der Waals surface area (Å²) >= 11 is 0. The van der Waals surface area contributed by atoms with E-state index in [1.807, 2.05) is 39.6 Å². The molecule has 0 saturated carbocycles. The van der Waals surface area contributed by atoms with Gasteiger partial charge in [-0.15, -0.1) is 0 Å². The van der Waals surface area contributed by atoms with Crippen LogP contribution in [0.25, 0.3) is 11.0 Å². The molecule has 0 fully saturated rings. The Morgan fingerprint density at radius 3 is 2.95 bits per heavy atom. The average Bonchev–Trinajstić information content (AvgIpc) is 3.09. The number of para-hydroxylation sites is 2. The second-order valence-corrected chi connectivity index (χ2v) is 4.64. The molecule has 0 amide bonds. The minimum Gasteiger partial charge on any atom is -0.465 e. The molecule has 0 atom stereocenters. The summed E-state index contributed by atoms with van der Waals surface area (Å²) in [5, 5.41) is 0. The van der Waals surface area contributed by atoms with Crippen LogP contribution in [0.3, 0.4) is 0 Å². The highest BCUT2D eigenvalue weighted by atomic mass is 16.5. The van der Waals surface area contributed by atoms with Crippen LogP contribution < -0.4 is 0 Å². The highest BCUT2D eigenvalue weighted by Gasteiger charge is 2.14. The van der Waals surface area contributed by atoms with Gasteiger partial charge in [-0.1, -0.05) is 12.1 Å². The third-order valence-corrected chi connectivity index (χ3v) is 3.21. The number of hydrogen-bond acceptors (Lipinski definition) is 4. The number of imidazole rings is 2. The first-order chi connectivity index (χ1) is 10.3. The van der Waals surface area contributed by atoms with Crippen molar-refractivity contribution in [3.8, 4) is 0 Å². The molecule has 0 aliphatic heterocycles. The molecule has 3 rings (SSSR count). The molecular weight excluding hydrogens is 268 g/mol. The summed E-state index contributed by atoms with van der Waals surface area (Å²) in [4.78, 5) is 20.5. The van der Waals surface area contributed by atoms with Crippen molar-refractivity contribution in [1.82, 2.24) is 19.1 Å². The van der Waals surface area contributed by atoms with Crippen molar-refractivity contribution < 1.29 is 9.53 Å². The van der Waals surface area contributed by atoms with Crippen LogP contribution in [0.4, 0.5) is 0 Å². The van der Waals surface area contributed by atoms with Gasteiger partial charge in [0.2, 0.25) is 0 Å². The minimum absolute atomic E-state index is 0.165. The smallest absolute Gasteiger partial charge is 0.326 e. The number of carbonyl (C=O) groups is 1. The lowest BCUT2D eigenvalue weighted by atomic mass is 10.3. The highest BCUT2D eigenvalue weighted by Crippen LogP contribution is 2.17. The number of nitrogens with zero attached hydrogens (tertiary/aromatic N) is 4. The Labute approximate surface area is 122 Å². The molecule has 0 aliphatic rings. The van der Waals surface area contributed by atoms with Crippen LogP contribution in [0.5, 0.6) is 0 Å². The van der Waals surface area contributed by atoms with Crippen LogP contribution in [0, 0.1) is 0 Å². The van der Waals surface area contributed by atoms with Gasteiger partial charge >= 0.3 is 5.97 Å². The Morgan fingerprint density at radius 1 is 1.33 bits per heavy atom. The Hall–Kier alpha value is -2.63. The van der Waals surface area contributed by atoms with Crippen molar-refractivity contribution in [3.63, 3.8) is 0 Å². The third-order valence-electron chi connectivity index (χ3n) is 3.21. The fraction of sp³-hybridized carbons (Fsp3) is 0.267. The summed E-state index contributed by atoms with van der Waals surface area (Å²) < 4.78 is 8.86. The largest absolute Gasteiger partial charge is 0.465 e. The summed E-state index contributed by atoms with van der Waals surface area (Å²) in [7, 11) is 0. The Bertz CT molecular complexity index is 746. The Kier molecular flexibility index (Phi) is 3.68. The van der Waals surface area contributed by atoms with Gasteiger partial charge in [-0.25, -0.2) is 9.97 Å². The highest BCUT2D eigenvalue weighted by molar-refractivity contribution is 5.78. The fourth-order valence-corrected chi connectivity index (χ4v) is 2.30. The molecule has 0 radical (unpaired) electrons. The molecule has 21 heavy (non-hydrogen) atoms. The van der Waals surface area contributed by atoms with E-state index in [0.29, 0.717) is 13.2 Å². The molecule has 108 valence electrons. The van der Waals surface area contributed by atoms with Gasteiger partial charge in [0, 0.05) is 12.4 Å². The van der Waals surface area contributed by atoms with Crippen molar-refractivity contribution in [1.29, 1.82) is 0 Å². The summed E-state index contributed by atoms with van der Waals surface area (Å²) in [5.41, 5.74) is 1.80. The lowest BCUT2D eigenvalue weighted by Gasteiger charge is -2.09. The zero-order valence-electron chi connectivity index (χ0n) is 11.8. The number of hydrogen-bond donors (Lipinski definition) is 0. The SMILES string of the molecule is CCOC(=O)Cn1c(Cn2ccnc2)nc2ccccc21. The summed E-state index contributed by atoms with van der Waals surface area (Å²) in [6.45, 7) is 2.91. The molecule has 3 aromatic rings. The van der Waals surface area contributed by atoms with Crippen molar-refractivity contribution in [3.05, 3.63) is 48.8 Å². The fourth-order valence-electron chi connectivity index (χ4n) is 2.30. The maximum Gasteiger partial charge on any atom is 0.326 e. The zero-order chi connectivity index (χ0) is 14.7. The monoisotopic (exact) mass is 284 g/mol. The van der Waals surface area contributed by atoms with E-state index in [1.165, 1.54) is 0 Å². The summed E-state index contributed by atoms with van der Waals surface area (Å²) in [5.74, 6) is 0.551. The molecule has 0 aliphatic carbocycles. The van der Waals surface area contributed by atoms with E-state index in [1.54, 1.807) is 19.4 Å². The standard InChI is InChI=1S/C15H16N4O2/c1-2-21-15(20)10-19-13-6-4-3-5-12(13)17-14(19)9-18-8-7-16-11-18/h3-8,11H,2,9-10H2,1H3. The molecule has 0 bridgehead atoms. The molecule has 2 aromatic heterocycles. The van der Waals surface area contributed by atoms with Crippen LogP contribution >= 0.6 is 0 Å². The molecule has 2 heterocycles. The minimum atomic E-state index is -0.257. The number of carbonyl (C=O) groups excluding carboxylic acids is 1. The van der Waals surface area contributed by atoms with E-state index in [4.69, 9.17) is 4.74 Å². The number of aromatic nitrogens is 4. The Morgan fingerprint density at radius 2 is 2.19 bits per heavy atom. The van der Waals surface area contributed by atoms with E-state index in [-0.39, 0.29) is 12.5 Å². The van der Waals surface area contributed by atoms with Crippen molar-refractivity contribution >= 4 is 17.0 Å². The molecule has 6 heteroatoms. The molecule has 6 nitrogen and oxygen atoms in total. The summed E-state index contributed by atoms with van der Waals surface area (Å²) in [6, 6.07) is 7.77. The van der Waals surface area contributed by atoms with Crippen LogP contribution in [0.15, 0.2) is 43.0 Å². The van der Waals surface area contributed by atoms with E-state index in [2.05, 4.69) is 9.97 Å². The molecule has 0 saturated heterocycles. The predicted octanol–water partition coefficient (Wildman–Crippen LogP) is 1.84. The quantitative estimate of drug-likeness (QED) is 0.671. The van der Waals surface area contributed by atoms with Gasteiger partial charge in [-0.3, -0.25) is 4.79 Å². The second kappa shape index (κ2) is 5.78. The van der Waals surface area contributed by atoms with Gasteiger partial charge < -0.3 is 13.9 Å². The lowest BCUT2D eigenvalue weighted by molar-refractivity contribution is -0.143. The van der Waals surface area contributed by atoms with Gasteiger partial charge in [0.05, 0.1) is 30.5 Å². The molecule has 0 unspecified atom stereocenters. The van der Waals surface area contributed by atoms with Gasteiger partial charge in [0.25, 0.3) is 0 Å². The van der Waals surface area contributed by atoms with Crippen LogP contribution in [-0.4, -0.2) is 31.7 Å². The number of ether oxygens (including phenoxy) is 1. The van der Waals surface area contributed by atoms with Crippen LogP contribution in [0.2, 0.25) is 0 Å². The van der Waals surface area contributed by atoms with E-state index in [0.717, 1.165) is 16.9 Å². The van der Waals surface area contributed by atoms with Crippen molar-refractivity contribution in [2.24, 2.45) is 0 Å². The molecular formula is C15H16N4O2. The van der Waals surface area contributed by atoms with Crippen molar-refractivity contribution in [2.45, 2.75) is 20.0 Å². The average molecular weight is 284 g/mol. The number of rotatable bonds is 5. The topological polar surface area (TPSA) is 61.9 Å². The van der Waals surface area contributed by atoms with Gasteiger partial charge in [0.1, 0.15) is 12.4 Å². The maximum atomic E-state index is 11.8. The van der Waals surface area contributed by atoms with Crippen LogP contribution in [-0.2, 0) is 22.6 Å². The number of benzene rings is 1. The predicted molar refractivity (Wildman–Crippen MR) is 77.7 cm³/mol. The molecule has 0 N–H and O–H groups in total. The number of fused-ring (bicyclic) bond motifs is 1. The first-order valence-corrected chi connectivity index (χ1v) is 6.83. The Balaban J connectivity index is 1.99. The first-order valence-electron chi connectivity index (χ1n) is 6.83. The lowest BCUT2D eigenvalue weighted by Crippen LogP contribution is -2.16. The van der Waals surface area contributed by atoms with E-state index >= 15 is 0 Å². The normalized spacial score (nSPS) is 10.9. The van der Waals surface area contributed by atoms with E-state index < -0.39 is 0 Å². The molecule has 1 aromatic carbocycles. The summed E-state index contributed by atoms with van der Waals surface area (Å²) in [6.07, 6.45) is 5.32. The zero-order valence-corrected chi connectivity index (χ0v) is 11.8.